The molecule has 4 rings (SSSR count). The van der Waals surface area contributed by atoms with Gasteiger partial charge in [-0.15, -0.1) is 0 Å². The van der Waals surface area contributed by atoms with Gasteiger partial charge in [-0.3, -0.25) is 14.5 Å². The number of anilines is 1. The number of carbonyl (C=O) groups is 1. The zero-order valence-corrected chi connectivity index (χ0v) is 17.1. The second-order valence-corrected chi connectivity index (χ2v) is 7.56. The van der Waals surface area contributed by atoms with Crippen LogP contribution in [0.15, 0.2) is 29.1 Å². The molecule has 0 spiro atoms. The maximum Gasteiger partial charge on any atom is 0.269 e. The predicted molar refractivity (Wildman–Crippen MR) is 112 cm³/mol. The highest BCUT2D eigenvalue weighted by molar-refractivity contribution is 5.92. The normalized spacial score (nSPS) is 16.6. The third-order valence-electron chi connectivity index (χ3n) is 5.39. The third-order valence-corrected chi connectivity index (χ3v) is 5.39. The van der Waals surface area contributed by atoms with Crippen molar-refractivity contribution in [2.24, 2.45) is 0 Å². The number of nitrogens with zero attached hydrogens (tertiary/aromatic N) is 3. The number of rotatable bonds is 5. The van der Waals surface area contributed by atoms with Crippen LogP contribution < -0.4 is 16.2 Å². The van der Waals surface area contributed by atoms with Gasteiger partial charge in [0.05, 0.1) is 11.2 Å². The number of hydrogen-bond acceptors (Lipinski definition) is 6. The van der Waals surface area contributed by atoms with E-state index < -0.39 is 23.2 Å². The lowest BCUT2D eigenvalue weighted by atomic mass is 10.1. The molecule has 1 amide bonds. The van der Waals surface area contributed by atoms with E-state index in [9.17, 15) is 18.4 Å². The standard InChI is InChI=1S/C21H22F2N6O2/c1-11-20(30)28-18-14(25-11)4-3-12(17(18)22)9-29-8-7-13(10-29)26-15-5-6-16(21(31)24-2)27-19(15)23/h3-6,13,26H,7-10H2,1-2H3,(H,24,31)(H,28,30). The topological polar surface area (TPSA) is 103 Å². The minimum Gasteiger partial charge on any atom is -0.377 e. The second-order valence-electron chi connectivity index (χ2n) is 7.56. The predicted octanol–water partition coefficient (Wildman–Crippen LogP) is 1.95. The van der Waals surface area contributed by atoms with Gasteiger partial charge in [-0.2, -0.15) is 4.39 Å². The van der Waals surface area contributed by atoms with Crippen LogP contribution in [0.3, 0.4) is 0 Å². The summed E-state index contributed by atoms with van der Waals surface area (Å²) in [4.78, 5) is 35.8. The van der Waals surface area contributed by atoms with Gasteiger partial charge in [0.1, 0.15) is 16.9 Å². The summed E-state index contributed by atoms with van der Waals surface area (Å²) < 4.78 is 29.2. The number of likely N-dealkylation sites (tertiary alicyclic amines) is 1. The fourth-order valence-corrected chi connectivity index (χ4v) is 3.73. The van der Waals surface area contributed by atoms with Gasteiger partial charge in [0.25, 0.3) is 11.5 Å². The molecule has 3 aromatic rings. The molecular weight excluding hydrogens is 406 g/mol. The van der Waals surface area contributed by atoms with Crippen LogP contribution in [0.25, 0.3) is 11.0 Å². The molecule has 2 aromatic heterocycles. The first-order chi connectivity index (χ1) is 14.9. The first-order valence-electron chi connectivity index (χ1n) is 9.91. The summed E-state index contributed by atoms with van der Waals surface area (Å²) >= 11 is 0. The maximum atomic E-state index is 14.9. The van der Waals surface area contributed by atoms with Crippen molar-refractivity contribution in [3.05, 3.63) is 63.3 Å². The van der Waals surface area contributed by atoms with Gasteiger partial charge < -0.3 is 15.6 Å². The Morgan fingerprint density at radius 3 is 2.81 bits per heavy atom. The number of aryl methyl sites for hydroxylation is 1. The number of H-pyrrole nitrogens is 1. The van der Waals surface area contributed by atoms with Gasteiger partial charge in [0.15, 0.2) is 5.82 Å². The van der Waals surface area contributed by atoms with E-state index in [0.717, 1.165) is 6.42 Å². The summed E-state index contributed by atoms with van der Waals surface area (Å²) in [6.07, 6.45) is 0.740. The summed E-state index contributed by atoms with van der Waals surface area (Å²) in [6, 6.07) is 6.26. The summed E-state index contributed by atoms with van der Waals surface area (Å²) in [5.74, 6) is -1.69. The molecular formula is C21H22F2N6O2. The number of carbonyl (C=O) groups excluding carboxylic acids is 1. The van der Waals surface area contributed by atoms with E-state index in [4.69, 9.17) is 0 Å². The van der Waals surface area contributed by atoms with Crippen LogP contribution in [0.5, 0.6) is 0 Å². The lowest BCUT2D eigenvalue weighted by Crippen LogP contribution is -2.27. The van der Waals surface area contributed by atoms with Crippen molar-refractivity contribution < 1.29 is 13.6 Å². The zero-order chi connectivity index (χ0) is 22.1. The average molecular weight is 428 g/mol. The van der Waals surface area contributed by atoms with Gasteiger partial charge >= 0.3 is 0 Å². The molecule has 1 aliphatic heterocycles. The monoisotopic (exact) mass is 428 g/mol. The third kappa shape index (κ3) is 4.24. The van der Waals surface area contributed by atoms with Crippen LogP contribution in [0, 0.1) is 18.7 Å². The van der Waals surface area contributed by atoms with Crippen LogP contribution in [0.1, 0.15) is 28.2 Å². The Balaban J connectivity index is 1.44. The number of halogens is 2. The SMILES string of the molecule is CNC(=O)c1ccc(NC2CCN(Cc3ccc4nc(C)c(=O)[nH]c4c3F)C2)c(F)n1. The molecule has 1 fully saturated rings. The van der Waals surface area contributed by atoms with Gasteiger partial charge in [0.2, 0.25) is 5.95 Å². The largest absolute Gasteiger partial charge is 0.377 e. The molecule has 1 saturated heterocycles. The van der Waals surface area contributed by atoms with Crippen LogP contribution in [-0.4, -0.2) is 51.9 Å². The fourth-order valence-electron chi connectivity index (χ4n) is 3.73. The number of fused-ring (bicyclic) bond motifs is 1. The van der Waals surface area contributed by atoms with Crippen LogP contribution in [0.2, 0.25) is 0 Å². The zero-order valence-electron chi connectivity index (χ0n) is 17.1. The Bertz CT molecular complexity index is 1210. The Morgan fingerprint density at radius 2 is 2.06 bits per heavy atom. The first-order valence-corrected chi connectivity index (χ1v) is 9.91. The van der Waals surface area contributed by atoms with Crippen LogP contribution in [0.4, 0.5) is 14.5 Å². The summed E-state index contributed by atoms with van der Waals surface area (Å²) in [5.41, 5.74) is 1.07. The highest BCUT2D eigenvalue weighted by Gasteiger charge is 2.25. The lowest BCUT2D eigenvalue weighted by molar-refractivity contribution is 0.0957. The number of amides is 1. The van der Waals surface area contributed by atoms with E-state index >= 15 is 0 Å². The fraction of sp³-hybridized carbons (Fsp3) is 0.333. The van der Waals surface area contributed by atoms with E-state index in [1.54, 1.807) is 19.1 Å². The smallest absolute Gasteiger partial charge is 0.269 e. The van der Waals surface area contributed by atoms with Gasteiger partial charge in [0, 0.05) is 38.3 Å². The number of hydrogen-bond donors (Lipinski definition) is 3. The number of benzene rings is 1. The maximum absolute atomic E-state index is 14.9. The molecule has 1 aromatic carbocycles. The van der Waals surface area contributed by atoms with Gasteiger partial charge in [-0.25, -0.2) is 14.4 Å². The molecule has 162 valence electrons. The Hall–Kier alpha value is -3.40. The van der Waals surface area contributed by atoms with E-state index in [1.807, 2.05) is 4.90 Å². The lowest BCUT2D eigenvalue weighted by Gasteiger charge is -2.18. The number of aromatic amines is 1. The van der Waals surface area contributed by atoms with Crippen LogP contribution in [-0.2, 0) is 6.54 Å². The molecule has 31 heavy (non-hydrogen) atoms. The molecule has 0 radical (unpaired) electrons. The summed E-state index contributed by atoms with van der Waals surface area (Å²) in [5, 5.41) is 5.51. The second kappa shape index (κ2) is 8.38. The molecule has 8 nitrogen and oxygen atoms in total. The van der Waals surface area contributed by atoms with E-state index in [-0.39, 0.29) is 28.6 Å². The molecule has 1 unspecified atom stereocenters. The van der Waals surface area contributed by atoms with Crippen molar-refractivity contribution in [3.63, 3.8) is 0 Å². The highest BCUT2D eigenvalue weighted by Crippen LogP contribution is 2.23. The number of nitrogens with one attached hydrogen (secondary N) is 3. The first kappa shape index (κ1) is 20.9. The molecule has 3 heterocycles. The number of pyridine rings is 1. The molecule has 0 aliphatic carbocycles. The summed E-state index contributed by atoms with van der Waals surface area (Å²) in [7, 11) is 1.45. The minimum atomic E-state index is -0.744. The Morgan fingerprint density at radius 1 is 1.26 bits per heavy atom. The van der Waals surface area contributed by atoms with Gasteiger partial charge in [-0.05, 0) is 31.5 Å². The van der Waals surface area contributed by atoms with Crippen molar-refractivity contribution in [1.82, 2.24) is 25.2 Å². The van der Waals surface area contributed by atoms with Crippen LogP contribution >= 0.6 is 0 Å². The average Bonchev–Trinajstić information content (AvgIpc) is 3.19. The Labute approximate surface area is 176 Å². The van der Waals surface area contributed by atoms with E-state index in [0.29, 0.717) is 30.7 Å². The van der Waals surface area contributed by atoms with Crippen molar-refractivity contribution >= 4 is 22.6 Å². The van der Waals surface area contributed by atoms with E-state index in [2.05, 4.69) is 25.6 Å². The van der Waals surface area contributed by atoms with E-state index in [1.165, 1.54) is 19.2 Å². The number of aromatic nitrogens is 3. The minimum absolute atomic E-state index is 0.00750. The highest BCUT2D eigenvalue weighted by atomic mass is 19.1. The molecule has 0 saturated carbocycles. The van der Waals surface area contributed by atoms with Crippen molar-refractivity contribution in [2.45, 2.75) is 25.9 Å². The quantitative estimate of drug-likeness (QED) is 0.537. The van der Waals surface area contributed by atoms with Gasteiger partial charge in [-0.1, -0.05) is 6.07 Å². The molecule has 3 N–H and O–H groups in total. The Kier molecular flexibility index (Phi) is 5.64. The molecule has 1 atom stereocenters. The summed E-state index contributed by atoms with van der Waals surface area (Å²) in [6.45, 7) is 3.21. The van der Waals surface area contributed by atoms with Crippen molar-refractivity contribution in [2.75, 3.05) is 25.5 Å². The molecule has 1 aliphatic rings. The van der Waals surface area contributed by atoms with Crippen molar-refractivity contribution in [3.8, 4) is 0 Å². The molecule has 10 heteroatoms. The van der Waals surface area contributed by atoms with Crippen molar-refractivity contribution in [1.29, 1.82) is 0 Å². The molecule has 0 bridgehead atoms.